The first-order valence-corrected chi connectivity index (χ1v) is 9.45. The fourth-order valence-electron chi connectivity index (χ4n) is 3.13. The molecule has 1 saturated heterocycles. The predicted molar refractivity (Wildman–Crippen MR) is 108 cm³/mol. The van der Waals surface area contributed by atoms with E-state index in [-0.39, 0.29) is 12.5 Å². The number of nitrogens with zero attached hydrogens (tertiary/aromatic N) is 1. The van der Waals surface area contributed by atoms with Crippen molar-refractivity contribution in [3.63, 3.8) is 0 Å². The van der Waals surface area contributed by atoms with Crippen LogP contribution in [0.3, 0.4) is 0 Å². The predicted octanol–water partition coefficient (Wildman–Crippen LogP) is 4.96. The molecule has 1 aliphatic rings. The van der Waals surface area contributed by atoms with E-state index in [1.165, 1.54) is 24.8 Å². The van der Waals surface area contributed by atoms with Crippen molar-refractivity contribution < 1.29 is 9.53 Å². The van der Waals surface area contributed by atoms with Crippen LogP contribution in [0.15, 0.2) is 36.4 Å². The van der Waals surface area contributed by atoms with Crippen LogP contribution in [0.1, 0.15) is 30.4 Å². The van der Waals surface area contributed by atoms with Gasteiger partial charge in [-0.1, -0.05) is 17.7 Å². The molecular formula is C21H25ClN2O2. The van der Waals surface area contributed by atoms with Crippen molar-refractivity contribution in [2.75, 3.05) is 29.9 Å². The van der Waals surface area contributed by atoms with Crippen molar-refractivity contribution in [2.24, 2.45) is 0 Å². The number of nitrogens with one attached hydrogen (secondary N) is 1. The van der Waals surface area contributed by atoms with Gasteiger partial charge in [0.25, 0.3) is 5.91 Å². The number of ether oxygens (including phenoxy) is 1. The molecular weight excluding hydrogens is 348 g/mol. The van der Waals surface area contributed by atoms with E-state index in [1.54, 1.807) is 6.07 Å². The average Bonchev–Trinajstić information content (AvgIpc) is 2.63. The molecule has 0 unspecified atom stereocenters. The molecule has 0 atom stereocenters. The standard InChI is InChI=1S/C21H25ClN2O2/c1-15-6-8-18(12-16(15)2)26-14-21(25)23-17-7-9-20(19(22)13-17)24-10-4-3-5-11-24/h6-9,12-13H,3-5,10-11,14H2,1-2H3,(H,23,25). The number of amides is 1. The lowest BCUT2D eigenvalue weighted by Gasteiger charge is -2.29. The van der Waals surface area contributed by atoms with E-state index in [0.29, 0.717) is 16.5 Å². The largest absolute Gasteiger partial charge is 0.484 e. The lowest BCUT2D eigenvalue weighted by molar-refractivity contribution is -0.118. The van der Waals surface area contributed by atoms with E-state index in [2.05, 4.69) is 10.2 Å². The Hall–Kier alpha value is -2.20. The molecule has 0 aromatic heterocycles. The molecule has 1 amide bonds. The topological polar surface area (TPSA) is 41.6 Å². The first-order chi connectivity index (χ1) is 12.5. The summed E-state index contributed by atoms with van der Waals surface area (Å²) in [6.07, 6.45) is 3.68. The van der Waals surface area contributed by atoms with Crippen LogP contribution in [0.5, 0.6) is 5.75 Å². The molecule has 138 valence electrons. The molecule has 0 spiro atoms. The average molecular weight is 373 g/mol. The summed E-state index contributed by atoms with van der Waals surface area (Å²) in [5.74, 6) is 0.492. The zero-order chi connectivity index (χ0) is 18.5. The Kier molecular flexibility index (Phi) is 6.04. The van der Waals surface area contributed by atoms with Crippen LogP contribution in [-0.2, 0) is 4.79 Å². The second-order valence-corrected chi connectivity index (χ2v) is 7.20. The summed E-state index contributed by atoms with van der Waals surface area (Å²) in [5, 5.41) is 3.51. The van der Waals surface area contributed by atoms with Gasteiger partial charge in [0.2, 0.25) is 0 Å². The first kappa shape index (κ1) is 18.6. The molecule has 1 heterocycles. The third-order valence-electron chi connectivity index (χ3n) is 4.78. The molecule has 4 nitrogen and oxygen atoms in total. The number of hydrogen-bond donors (Lipinski definition) is 1. The molecule has 1 N–H and O–H groups in total. The van der Waals surface area contributed by atoms with Gasteiger partial charge in [0.15, 0.2) is 6.61 Å². The number of anilines is 2. The molecule has 2 aromatic rings. The second-order valence-electron chi connectivity index (χ2n) is 6.80. The Morgan fingerprint density at radius 1 is 1.08 bits per heavy atom. The molecule has 2 aromatic carbocycles. The molecule has 0 saturated carbocycles. The van der Waals surface area contributed by atoms with Gasteiger partial charge in [-0.25, -0.2) is 0 Å². The summed E-state index contributed by atoms with van der Waals surface area (Å²) < 4.78 is 5.57. The number of carbonyl (C=O) groups is 1. The van der Waals surface area contributed by atoms with Crippen molar-refractivity contribution in [3.8, 4) is 5.75 Å². The molecule has 1 aliphatic heterocycles. The molecule has 0 bridgehead atoms. The lowest BCUT2D eigenvalue weighted by atomic mass is 10.1. The molecule has 0 radical (unpaired) electrons. The highest BCUT2D eigenvalue weighted by Crippen LogP contribution is 2.30. The Morgan fingerprint density at radius 2 is 1.85 bits per heavy atom. The molecule has 26 heavy (non-hydrogen) atoms. The first-order valence-electron chi connectivity index (χ1n) is 9.07. The van der Waals surface area contributed by atoms with Crippen LogP contribution in [0.25, 0.3) is 0 Å². The van der Waals surface area contributed by atoms with Gasteiger partial charge >= 0.3 is 0 Å². The number of aryl methyl sites for hydroxylation is 2. The number of hydrogen-bond acceptors (Lipinski definition) is 3. The van der Waals surface area contributed by atoms with Crippen LogP contribution < -0.4 is 15.0 Å². The van der Waals surface area contributed by atoms with Crippen LogP contribution in [0, 0.1) is 13.8 Å². The zero-order valence-electron chi connectivity index (χ0n) is 15.3. The quantitative estimate of drug-likeness (QED) is 0.806. The summed E-state index contributed by atoms with van der Waals surface area (Å²) in [6, 6.07) is 11.5. The summed E-state index contributed by atoms with van der Waals surface area (Å²) >= 11 is 6.43. The summed E-state index contributed by atoms with van der Waals surface area (Å²) in [5.41, 5.74) is 4.06. The second kappa shape index (κ2) is 8.45. The highest BCUT2D eigenvalue weighted by molar-refractivity contribution is 6.33. The lowest BCUT2D eigenvalue weighted by Crippen LogP contribution is -2.29. The van der Waals surface area contributed by atoms with Gasteiger partial charge in [-0.05, 0) is 74.6 Å². The minimum Gasteiger partial charge on any atom is -0.484 e. The van der Waals surface area contributed by atoms with Crippen LogP contribution in [-0.4, -0.2) is 25.6 Å². The minimum absolute atomic E-state index is 0.0337. The fourth-order valence-corrected chi connectivity index (χ4v) is 3.43. The SMILES string of the molecule is Cc1ccc(OCC(=O)Nc2ccc(N3CCCCC3)c(Cl)c2)cc1C. The Labute approximate surface area is 160 Å². The Bertz CT molecular complexity index is 786. The maximum Gasteiger partial charge on any atom is 0.262 e. The third kappa shape index (κ3) is 4.70. The summed E-state index contributed by atoms with van der Waals surface area (Å²) in [4.78, 5) is 14.5. The third-order valence-corrected chi connectivity index (χ3v) is 5.08. The van der Waals surface area contributed by atoms with Crippen molar-refractivity contribution in [3.05, 3.63) is 52.5 Å². The van der Waals surface area contributed by atoms with Gasteiger partial charge in [0.1, 0.15) is 5.75 Å². The van der Waals surface area contributed by atoms with E-state index in [0.717, 1.165) is 24.3 Å². The number of benzene rings is 2. The summed E-state index contributed by atoms with van der Waals surface area (Å²) in [6.45, 7) is 6.11. The number of rotatable bonds is 5. The van der Waals surface area contributed by atoms with E-state index >= 15 is 0 Å². The molecule has 0 aliphatic carbocycles. The van der Waals surface area contributed by atoms with Gasteiger partial charge < -0.3 is 15.0 Å². The monoisotopic (exact) mass is 372 g/mol. The minimum atomic E-state index is -0.204. The van der Waals surface area contributed by atoms with Gasteiger partial charge in [-0.15, -0.1) is 0 Å². The van der Waals surface area contributed by atoms with Crippen molar-refractivity contribution in [1.82, 2.24) is 0 Å². The van der Waals surface area contributed by atoms with Crippen LogP contribution >= 0.6 is 11.6 Å². The zero-order valence-corrected chi connectivity index (χ0v) is 16.1. The highest BCUT2D eigenvalue weighted by atomic mass is 35.5. The van der Waals surface area contributed by atoms with Crippen molar-refractivity contribution >= 4 is 28.9 Å². The Balaban J connectivity index is 1.56. The van der Waals surface area contributed by atoms with Crippen molar-refractivity contribution in [2.45, 2.75) is 33.1 Å². The molecule has 5 heteroatoms. The van der Waals surface area contributed by atoms with E-state index in [9.17, 15) is 4.79 Å². The van der Waals surface area contributed by atoms with Gasteiger partial charge in [-0.3, -0.25) is 4.79 Å². The maximum atomic E-state index is 12.1. The number of piperidine rings is 1. The normalized spacial score (nSPS) is 14.2. The van der Waals surface area contributed by atoms with Gasteiger partial charge in [0, 0.05) is 18.8 Å². The van der Waals surface area contributed by atoms with Gasteiger partial charge in [-0.2, -0.15) is 0 Å². The number of carbonyl (C=O) groups excluding carboxylic acids is 1. The summed E-state index contributed by atoms with van der Waals surface area (Å²) in [7, 11) is 0. The smallest absolute Gasteiger partial charge is 0.262 e. The van der Waals surface area contributed by atoms with Crippen molar-refractivity contribution in [1.29, 1.82) is 0 Å². The maximum absolute atomic E-state index is 12.1. The fraction of sp³-hybridized carbons (Fsp3) is 0.381. The molecule has 3 rings (SSSR count). The van der Waals surface area contributed by atoms with Gasteiger partial charge in [0.05, 0.1) is 10.7 Å². The molecule has 1 fully saturated rings. The highest BCUT2D eigenvalue weighted by Gasteiger charge is 2.14. The van der Waals surface area contributed by atoms with E-state index < -0.39 is 0 Å². The van der Waals surface area contributed by atoms with Crippen LogP contribution in [0.2, 0.25) is 5.02 Å². The van der Waals surface area contributed by atoms with Crippen LogP contribution in [0.4, 0.5) is 11.4 Å². The van der Waals surface area contributed by atoms with E-state index in [1.807, 2.05) is 44.2 Å². The Morgan fingerprint density at radius 3 is 2.54 bits per heavy atom. The van der Waals surface area contributed by atoms with E-state index in [4.69, 9.17) is 16.3 Å². The number of halogens is 1.